The number of rotatable bonds is 3. The van der Waals surface area contributed by atoms with Gasteiger partial charge in [-0.2, -0.15) is 13.2 Å². The second-order valence-electron chi connectivity index (χ2n) is 4.19. The number of benzene rings is 1. The Hall–Kier alpha value is -1.35. The van der Waals surface area contributed by atoms with E-state index in [2.05, 4.69) is 10.9 Å². The van der Waals surface area contributed by atoms with Crippen molar-refractivity contribution in [3.8, 4) is 23.6 Å². The molecule has 0 aliphatic carbocycles. The Morgan fingerprint density at radius 2 is 1.91 bits per heavy atom. The Morgan fingerprint density at radius 3 is 2.50 bits per heavy atom. The summed E-state index contributed by atoms with van der Waals surface area (Å²) in [5.74, 6) is 2.90. The fourth-order valence-electron chi connectivity index (χ4n) is 1.69. The Bertz CT molecular complexity index is 739. The molecule has 7 heteroatoms. The van der Waals surface area contributed by atoms with E-state index in [1.54, 1.807) is 18.2 Å². The number of nitrogens with zero attached hydrogens (tertiary/aromatic N) is 1. The van der Waals surface area contributed by atoms with Crippen LogP contribution in [0.2, 0.25) is 10.0 Å². The van der Waals surface area contributed by atoms with Gasteiger partial charge in [0.05, 0.1) is 27.1 Å². The predicted octanol–water partition coefficient (Wildman–Crippen LogP) is 5.80. The van der Waals surface area contributed by atoms with Crippen LogP contribution in [0.25, 0.3) is 11.3 Å². The third-order valence-corrected chi connectivity index (χ3v) is 4.37. The molecule has 0 spiro atoms. The van der Waals surface area contributed by atoms with Gasteiger partial charge in [0, 0.05) is 16.7 Å². The van der Waals surface area contributed by atoms with Gasteiger partial charge in [0.25, 0.3) is 0 Å². The van der Waals surface area contributed by atoms with E-state index in [-0.39, 0.29) is 10.7 Å². The van der Waals surface area contributed by atoms with Crippen molar-refractivity contribution in [2.75, 3.05) is 5.75 Å². The van der Waals surface area contributed by atoms with Crippen molar-refractivity contribution in [3.05, 3.63) is 46.1 Å². The quantitative estimate of drug-likeness (QED) is 0.506. The van der Waals surface area contributed by atoms with E-state index < -0.39 is 11.7 Å². The molecule has 0 aliphatic heterocycles. The first-order chi connectivity index (χ1) is 10.3. The molecule has 2 aromatic rings. The van der Waals surface area contributed by atoms with Gasteiger partial charge in [-0.25, -0.2) is 0 Å². The molecule has 0 saturated heterocycles. The molecule has 22 heavy (non-hydrogen) atoms. The second-order valence-corrected chi connectivity index (χ2v) is 6.02. The largest absolute Gasteiger partial charge is 0.417 e. The molecule has 1 nitrogen and oxygen atoms in total. The molecule has 0 amide bonds. The summed E-state index contributed by atoms with van der Waals surface area (Å²) in [6, 6.07) is 5.83. The first kappa shape index (κ1) is 17.0. The number of hydrogen-bond donors (Lipinski definition) is 0. The molecule has 1 aromatic heterocycles. The van der Waals surface area contributed by atoms with Crippen molar-refractivity contribution in [2.24, 2.45) is 0 Å². The van der Waals surface area contributed by atoms with E-state index in [1.165, 1.54) is 11.8 Å². The lowest BCUT2D eigenvalue weighted by Crippen LogP contribution is -2.05. The molecule has 0 fully saturated rings. The summed E-state index contributed by atoms with van der Waals surface area (Å²) in [4.78, 5) is 4.54. The molecular weight excluding hydrogens is 354 g/mol. The fourth-order valence-corrected chi connectivity index (χ4v) is 2.90. The highest BCUT2D eigenvalue weighted by atomic mass is 35.5. The molecule has 0 bridgehead atoms. The van der Waals surface area contributed by atoms with Gasteiger partial charge >= 0.3 is 6.18 Å². The number of aromatic nitrogens is 1. The molecule has 0 aliphatic rings. The van der Waals surface area contributed by atoms with Gasteiger partial charge in [0.1, 0.15) is 0 Å². The van der Waals surface area contributed by atoms with Crippen LogP contribution in [-0.2, 0) is 6.18 Å². The summed E-state index contributed by atoms with van der Waals surface area (Å²) in [6.07, 6.45) is 1.47. The average molecular weight is 362 g/mol. The van der Waals surface area contributed by atoms with Crippen molar-refractivity contribution < 1.29 is 13.2 Å². The number of terminal acetylenes is 1. The van der Waals surface area contributed by atoms with Gasteiger partial charge in [0.15, 0.2) is 0 Å². The van der Waals surface area contributed by atoms with Gasteiger partial charge < -0.3 is 0 Å². The second kappa shape index (κ2) is 6.82. The normalized spacial score (nSPS) is 11.3. The summed E-state index contributed by atoms with van der Waals surface area (Å²) >= 11 is 13.3. The van der Waals surface area contributed by atoms with E-state index in [9.17, 15) is 13.2 Å². The number of hydrogen-bond acceptors (Lipinski definition) is 2. The summed E-state index contributed by atoms with van der Waals surface area (Å²) in [5, 5.41) is 0.428. The number of halogens is 5. The lowest BCUT2D eigenvalue weighted by atomic mass is 10.1. The molecule has 1 heterocycles. The van der Waals surface area contributed by atoms with Crippen molar-refractivity contribution in [2.45, 2.75) is 11.1 Å². The highest BCUT2D eigenvalue weighted by Gasteiger charge is 2.31. The molecule has 114 valence electrons. The van der Waals surface area contributed by atoms with Crippen LogP contribution < -0.4 is 0 Å². The monoisotopic (exact) mass is 361 g/mol. The molecule has 0 unspecified atom stereocenters. The van der Waals surface area contributed by atoms with E-state index in [0.717, 1.165) is 17.2 Å². The Labute approximate surface area is 139 Å². The van der Waals surface area contributed by atoms with Crippen molar-refractivity contribution in [1.29, 1.82) is 0 Å². The average Bonchev–Trinajstić information content (AvgIpc) is 2.45. The minimum Gasteiger partial charge on any atom is -0.254 e. The lowest BCUT2D eigenvalue weighted by Gasteiger charge is -2.10. The molecule has 2 rings (SSSR count). The molecule has 1 aromatic carbocycles. The highest BCUT2D eigenvalue weighted by molar-refractivity contribution is 7.99. The van der Waals surface area contributed by atoms with E-state index in [0.29, 0.717) is 16.3 Å². The molecule has 0 radical (unpaired) electrons. The van der Waals surface area contributed by atoms with E-state index in [1.807, 2.05) is 0 Å². The zero-order chi connectivity index (χ0) is 16.3. The fraction of sp³-hybridized carbons (Fsp3) is 0.133. The Morgan fingerprint density at radius 1 is 1.18 bits per heavy atom. The number of thioether (sulfide) groups is 1. The number of pyridine rings is 1. The highest BCUT2D eigenvalue weighted by Crippen LogP contribution is 2.36. The minimum absolute atomic E-state index is 0.0787. The third-order valence-electron chi connectivity index (χ3n) is 2.68. The standard InChI is InChI=1S/C15H8Cl2F3NS/c1-2-5-22-13-6-9(3-4-11(13)16)14-12(17)7-10(8-21-14)15(18,19)20/h1,3-4,6-8H,5H2. The van der Waals surface area contributed by atoms with Crippen molar-refractivity contribution >= 4 is 35.0 Å². The van der Waals surface area contributed by atoms with Crippen LogP contribution in [0.4, 0.5) is 13.2 Å². The van der Waals surface area contributed by atoms with E-state index in [4.69, 9.17) is 29.6 Å². The smallest absolute Gasteiger partial charge is 0.254 e. The van der Waals surface area contributed by atoms with Crippen LogP contribution in [0, 0.1) is 12.3 Å². The van der Waals surface area contributed by atoms with Crippen LogP contribution in [0.15, 0.2) is 35.4 Å². The molecular formula is C15H8Cl2F3NS. The maximum Gasteiger partial charge on any atom is 0.417 e. The summed E-state index contributed by atoms with van der Waals surface area (Å²) in [5.41, 5.74) is -0.0614. The maximum absolute atomic E-state index is 12.6. The Balaban J connectivity index is 2.42. The topological polar surface area (TPSA) is 12.9 Å². The van der Waals surface area contributed by atoms with Gasteiger partial charge in [-0.1, -0.05) is 35.2 Å². The zero-order valence-electron chi connectivity index (χ0n) is 10.9. The summed E-state index contributed by atoms with van der Waals surface area (Å²) in [6.45, 7) is 0. The van der Waals surface area contributed by atoms with Gasteiger partial charge in [-0.3, -0.25) is 4.98 Å². The lowest BCUT2D eigenvalue weighted by molar-refractivity contribution is -0.137. The van der Waals surface area contributed by atoms with Crippen LogP contribution in [-0.4, -0.2) is 10.7 Å². The van der Waals surface area contributed by atoms with Crippen LogP contribution in [0.3, 0.4) is 0 Å². The first-order valence-electron chi connectivity index (χ1n) is 5.92. The number of alkyl halides is 3. The minimum atomic E-state index is -4.48. The van der Waals surface area contributed by atoms with Gasteiger partial charge in [-0.05, 0) is 18.2 Å². The Kier molecular flexibility index (Phi) is 5.28. The molecule has 0 atom stereocenters. The zero-order valence-corrected chi connectivity index (χ0v) is 13.2. The van der Waals surface area contributed by atoms with Gasteiger partial charge in [-0.15, -0.1) is 18.2 Å². The molecule has 0 saturated carbocycles. The van der Waals surface area contributed by atoms with Crippen molar-refractivity contribution in [3.63, 3.8) is 0 Å². The van der Waals surface area contributed by atoms with Gasteiger partial charge in [0.2, 0.25) is 0 Å². The summed E-state index contributed by atoms with van der Waals surface area (Å²) < 4.78 is 37.9. The first-order valence-corrected chi connectivity index (χ1v) is 7.66. The molecule has 0 N–H and O–H groups in total. The van der Waals surface area contributed by atoms with Crippen molar-refractivity contribution in [1.82, 2.24) is 4.98 Å². The van der Waals surface area contributed by atoms with Crippen LogP contribution in [0.5, 0.6) is 0 Å². The van der Waals surface area contributed by atoms with Crippen LogP contribution in [0.1, 0.15) is 5.56 Å². The SMILES string of the molecule is C#CCSc1cc(-c2ncc(C(F)(F)F)cc2Cl)ccc1Cl. The van der Waals surface area contributed by atoms with Crippen LogP contribution >= 0.6 is 35.0 Å². The predicted molar refractivity (Wildman–Crippen MR) is 84.3 cm³/mol. The van der Waals surface area contributed by atoms with E-state index >= 15 is 0 Å². The maximum atomic E-state index is 12.6. The summed E-state index contributed by atoms with van der Waals surface area (Å²) in [7, 11) is 0. The third kappa shape index (κ3) is 3.89.